The van der Waals surface area contributed by atoms with Crippen LogP contribution in [0.15, 0.2) is 30.7 Å². The van der Waals surface area contributed by atoms with Crippen LogP contribution in [0.1, 0.15) is 11.3 Å². The highest BCUT2D eigenvalue weighted by Crippen LogP contribution is 2.27. The molecule has 6 nitrogen and oxygen atoms in total. The second kappa shape index (κ2) is 7.22. The van der Waals surface area contributed by atoms with Crippen LogP contribution in [0.3, 0.4) is 0 Å². The summed E-state index contributed by atoms with van der Waals surface area (Å²) in [6, 6.07) is 4.30. The minimum absolute atomic E-state index is 0.517. The highest BCUT2D eigenvalue weighted by Gasteiger charge is 2.32. The van der Waals surface area contributed by atoms with E-state index in [4.69, 9.17) is 4.74 Å². The lowest BCUT2D eigenvalue weighted by molar-refractivity contribution is -0.141. The molecule has 2 aromatic rings. The van der Waals surface area contributed by atoms with Gasteiger partial charge in [0.15, 0.2) is 0 Å². The molecule has 3 heterocycles. The van der Waals surface area contributed by atoms with Gasteiger partial charge in [-0.25, -0.2) is 9.97 Å². The summed E-state index contributed by atoms with van der Waals surface area (Å²) in [5.74, 6) is 1.32. The number of anilines is 1. The number of rotatable bonds is 4. The Morgan fingerprint density at radius 2 is 1.84 bits per heavy atom. The average Bonchev–Trinajstić information content (AvgIpc) is 2.62. The molecule has 0 N–H and O–H groups in total. The van der Waals surface area contributed by atoms with E-state index < -0.39 is 11.9 Å². The number of alkyl halides is 3. The predicted molar refractivity (Wildman–Crippen MR) is 85.3 cm³/mol. The quantitative estimate of drug-likeness (QED) is 0.840. The Morgan fingerprint density at radius 3 is 2.44 bits per heavy atom. The molecular formula is C16H18F3N5O. The molecule has 0 aliphatic carbocycles. The van der Waals surface area contributed by atoms with Gasteiger partial charge in [0.2, 0.25) is 5.88 Å². The first-order valence-corrected chi connectivity index (χ1v) is 7.81. The summed E-state index contributed by atoms with van der Waals surface area (Å²) in [5.41, 5.74) is -0.0936. The Labute approximate surface area is 143 Å². The van der Waals surface area contributed by atoms with Gasteiger partial charge in [-0.3, -0.25) is 9.88 Å². The molecule has 0 amide bonds. The normalized spacial score (nSPS) is 16.1. The number of methoxy groups -OCH3 is 1. The van der Waals surface area contributed by atoms with Crippen molar-refractivity contribution in [1.82, 2.24) is 19.9 Å². The zero-order valence-corrected chi connectivity index (χ0v) is 13.7. The number of hydrogen-bond acceptors (Lipinski definition) is 6. The SMILES string of the molecule is COc1cc(N2CCN(Cc3ccc(C(F)(F)F)nc3)CC2)ncn1. The van der Waals surface area contributed by atoms with E-state index in [0.29, 0.717) is 12.4 Å². The van der Waals surface area contributed by atoms with E-state index in [0.717, 1.165) is 43.6 Å². The number of pyridine rings is 1. The van der Waals surface area contributed by atoms with E-state index in [1.165, 1.54) is 18.6 Å². The van der Waals surface area contributed by atoms with E-state index in [1.807, 2.05) is 0 Å². The number of aromatic nitrogens is 3. The second-order valence-electron chi connectivity index (χ2n) is 5.73. The van der Waals surface area contributed by atoms with E-state index in [2.05, 4.69) is 24.8 Å². The summed E-state index contributed by atoms with van der Waals surface area (Å²) in [6.45, 7) is 3.69. The van der Waals surface area contributed by atoms with Gasteiger partial charge in [-0.1, -0.05) is 6.07 Å². The molecule has 2 aromatic heterocycles. The summed E-state index contributed by atoms with van der Waals surface area (Å²) in [6.07, 6.45) is -1.64. The van der Waals surface area contributed by atoms with Gasteiger partial charge in [-0.15, -0.1) is 0 Å². The molecule has 1 saturated heterocycles. The van der Waals surface area contributed by atoms with Gasteiger partial charge in [-0.2, -0.15) is 13.2 Å². The lowest BCUT2D eigenvalue weighted by Gasteiger charge is -2.35. The van der Waals surface area contributed by atoms with Crippen LogP contribution in [-0.2, 0) is 12.7 Å². The second-order valence-corrected chi connectivity index (χ2v) is 5.73. The van der Waals surface area contributed by atoms with Gasteiger partial charge in [0.25, 0.3) is 0 Å². The first-order valence-electron chi connectivity index (χ1n) is 7.81. The van der Waals surface area contributed by atoms with E-state index >= 15 is 0 Å². The third kappa shape index (κ3) is 4.36. The molecule has 9 heteroatoms. The van der Waals surface area contributed by atoms with Crippen molar-refractivity contribution in [2.45, 2.75) is 12.7 Å². The maximum atomic E-state index is 12.5. The van der Waals surface area contributed by atoms with Crippen LogP contribution in [-0.4, -0.2) is 53.1 Å². The molecule has 3 rings (SSSR count). The minimum atomic E-state index is -4.40. The van der Waals surface area contributed by atoms with Gasteiger partial charge in [0, 0.05) is 45.0 Å². The summed E-state index contributed by atoms with van der Waals surface area (Å²) >= 11 is 0. The Morgan fingerprint density at radius 1 is 1.08 bits per heavy atom. The third-order valence-corrected chi connectivity index (χ3v) is 4.05. The monoisotopic (exact) mass is 353 g/mol. The number of nitrogens with zero attached hydrogens (tertiary/aromatic N) is 5. The van der Waals surface area contributed by atoms with Gasteiger partial charge in [-0.05, 0) is 11.6 Å². The smallest absolute Gasteiger partial charge is 0.433 e. The van der Waals surface area contributed by atoms with Crippen LogP contribution < -0.4 is 9.64 Å². The molecular weight excluding hydrogens is 335 g/mol. The molecule has 0 radical (unpaired) electrons. The van der Waals surface area contributed by atoms with Crippen molar-refractivity contribution in [1.29, 1.82) is 0 Å². The fourth-order valence-electron chi connectivity index (χ4n) is 2.69. The summed E-state index contributed by atoms with van der Waals surface area (Å²) < 4.78 is 42.7. The maximum absolute atomic E-state index is 12.5. The summed E-state index contributed by atoms with van der Waals surface area (Å²) in [7, 11) is 1.56. The Bertz CT molecular complexity index is 700. The van der Waals surface area contributed by atoms with Crippen LogP contribution in [0.2, 0.25) is 0 Å². The Hall–Kier alpha value is -2.42. The third-order valence-electron chi connectivity index (χ3n) is 4.05. The number of hydrogen-bond donors (Lipinski definition) is 0. The van der Waals surface area contributed by atoms with Crippen LogP contribution >= 0.6 is 0 Å². The first kappa shape index (κ1) is 17.4. The van der Waals surface area contributed by atoms with E-state index in [9.17, 15) is 13.2 Å². The molecule has 0 aromatic carbocycles. The highest BCUT2D eigenvalue weighted by molar-refractivity contribution is 5.41. The van der Waals surface area contributed by atoms with E-state index in [1.54, 1.807) is 13.2 Å². The van der Waals surface area contributed by atoms with Gasteiger partial charge < -0.3 is 9.64 Å². The zero-order chi connectivity index (χ0) is 17.9. The number of ether oxygens (including phenoxy) is 1. The fraction of sp³-hybridized carbons (Fsp3) is 0.438. The molecule has 0 bridgehead atoms. The molecule has 25 heavy (non-hydrogen) atoms. The largest absolute Gasteiger partial charge is 0.481 e. The van der Waals surface area contributed by atoms with Gasteiger partial charge >= 0.3 is 6.18 Å². The van der Waals surface area contributed by atoms with Gasteiger partial charge in [0.1, 0.15) is 17.8 Å². The Balaban J connectivity index is 1.55. The topological polar surface area (TPSA) is 54.4 Å². The van der Waals surface area contributed by atoms with Crippen molar-refractivity contribution in [3.63, 3.8) is 0 Å². The standard InChI is InChI=1S/C16H18F3N5O/c1-25-15-8-14(21-11-22-15)24-6-4-23(5-7-24)10-12-2-3-13(20-9-12)16(17,18)19/h2-3,8-9,11H,4-7,10H2,1H3. The lowest BCUT2D eigenvalue weighted by atomic mass is 10.2. The molecule has 134 valence electrons. The summed E-state index contributed by atoms with van der Waals surface area (Å²) in [5, 5.41) is 0. The molecule has 0 unspecified atom stereocenters. The number of piperazine rings is 1. The molecule has 1 aliphatic rings. The van der Waals surface area contributed by atoms with Crippen LogP contribution in [0.5, 0.6) is 5.88 Å². The zero-order valence-electron chi connectivity index (χ0n) is 13.7. The van der Waals surface area contributed by atoms with Crippen molar-refractivity contribution in [3.05, 3.63) is 42.0 Å². The molecule has 0 spiro atoms. The van der Waals surface area contributed by atoms with Gasteiger partial charge in [0.05, 0.1) is 7.11 Å². The van der Waals surface area contributed by atoms with Crippen LogP contribution in [0.25, 0.3) is 0 Å². The molecule has 0 atom stereocenters. The van der Waals surface area contributed by atoms with Crippen molar-refractivity contribution in [2.24, 2.45) is 0 Å². The minimum Gasteiger partial charge on any atom is -0.481 e. The van der Waals surface area contributed by atoms with Crippen molar-refractivity contribution in [3.8, 4) is 5.88 Å². The molecule has 1 fully saturated rings. The van der Waals surface area contributed by atoms with Crippen LogP contribution in [0.4, 0.5) is 19.0 Å². The van der Waals surface area contributed by atoms with E-state index in [-0.39, 0.29) is 0 Å². The number of halogens is 3. The molecule has 0 saturated carbocycles. The van der Waals surface area contributed by atoms with Crippen molar-refractivity contribution < 1.29 is 17.9 Å². The Kier molecular flexibility index (Phi) is 5.03. The van der Waals surface area contributed by atoms with Crippen molar-refractivity contribution >= 4 is 5.82 Å². The average molecular weight is 353 g/mol. The first-order chi connectivity index (χ1) is 12.0. The van der Waals surface area contributed by atoms with Crippen LogP contribution in [0, 0.1) is 0 Å². The predicted octanol–water partition coefficient (Wildman–Crippen LogP) is 2.22. The fourth-order valence-corrected chi connectivity index (χ4v) is 2.69. The maximum Gasteiger partial charge on any atom is 0.433 e. The summed E-state index contributed by atoms with van der Waals surface area (Å²) in [4.78, 5) is 16.1. The van der Waals surface area contributed by atoms with Crippen molar-refractivity contribution in [2.75, 3.05) is 38.2 Å². The highest BCUT2D eigenvalue weighted by atomic mass is 19.4. The lowest BCUT2D eigenvalue weighted by Crippen LogP contribution is -2.46. The molecule has 1 aliphatic heterocycles.